The van der Waals surface area contributed by atoms with Gasteiger partial charge in [-0.2, -0.15) is 0 Å². The van der Waals surface area contributed by atoms with E-state index in [2.05, 4.69) is 21.8 Å². The van der Waals surface area contributed by atoms with Crippen LogP contribution in [0.15, 0.2) is 12.4 Å². The molecule has 90 valence electrons. The minimum Gasteiger partial charge on any atom is -0.481 e. The molecular weight excluding hydrogens is 226 g/mol. The maximum Gasteiger partial charge on any atom is 0.218 e. The van der Waals surface area contributed by atoms with Crippen molar-refractivity contribution in [3.05, 3.63) is 12.4 Å². The topological polar surface area (TPSA) is 38.2 Å². The summed E-state index contributed by atoms with van der Waals surface area (Å²) in [6.45, 7) is 3.92. The Labute approximate surface area is 102 Å². The Morgan fingerprint density at radius 2 is 2.19 bits per heavy atom. The van der Waals surface area contributed by atoms with Crippen molar-refractivity contribution in [1.82, 2.24) is 9.97 Å². The summed E-state index contributed by atoms with van der Waals surface area (Å²) in [5.74, 6) is 2.05. The summed E-state index contributed by atoms with van der Waals surface area (Å²) in [7, 11) is 1.60. The molecule has 1 aromatic heterocycles. The molecule has 0 spiro atoms. The zero-order valence-electron chi connectivity index (χ0n) is 9.82. The van der Waals surface area contributed by atoms with Crippen LogP contribution < -0.4 is 9.64 Å². The maximum atomic E-state index is 5.78. The number of anilines is 1. The van der Waals surface area contributed by atoms with Crippen molar-refractivity contribution >= 4 is 17.4 Å². The lowest BCUT2D eigenvalue weighted by molar-refractivity contribution is 0.396. The van der Waals surface area contributed by atoms with E-state index in [1.165, 1.54) is 6.33 Å². The molecule has 0 amide bonds. The highest BCUT2D eigenvalue weighted by Gasteiger charge is 2.08. The molecule has 0 fully saturated rings. The Morgan fingerprint density at radius 3 is 2.81 bits per heavy atom. The van der Waals surface area contributed by atoms with Gasteiger partial charge in [0.15, 0.2) is 0 Å². The van der Waals surface area contributed by atoms with Gasteiger partial charge in [0.2, 0.25) is 5.88 Å². The van der Waals surface area contributed by atoms with E-state index in [-0.39, 0.29) is 0 Å². The average Bonchev–Trinajstić information content (AvgIpc) is 2.34. The van der Waals surface area contributed by atoms with Crippen molar-refractivity contribution in [1.29, 1.82) is 0 Å². The summed E-state index contributed by atoms with van der Waals surface area (Å²) in [5, 5.41) is 0. The third-order valence-electron chi connectivity index (χ3n) is 2.30. The van der Waals surface area contributed by atoms with E-state index in [9.17, 15) is 0 Å². The van der Waals surface area contributed by atoms with Gasteiger partial charge in [-0.25, -0.2) is 9.97 Å². The minimum absolute atomic E-state index is 0.584. The number of rotatable bonds is 7. The van der Waals surface area contributed by atoms with Crippen molar-refractivity contribution in [2.45, 2.75) is 19.8 Å². The van der Waals surface area contributed by atoms with Gasteiger partial charge in [-0.15, -0.1) is 11.6 Å². The second kappa shape index (κ2) is 7.28. The maximum absolute atomic E-state index is 5.78. The highest BCUT2D eigenvalue weighted by molar-refractivity contribution is 6.18. The van der Waals surface area contributed by atoms with Crippen molar-refractivity contribution in [2.24, 2.45) is 0 Å². The van der Waals surface area contributed by atoms with Crippen molar-refractivity contribution in [3.63, 3.8) is 0 Å². The highest BCUT2D eigenvalue weighted by atomic mass is 35.5. The molecule has 0 aromatic carbocycles. The molecule has 1 aromatic rings. The predicted octanol–water partition coefficient (Wildman–Crippen LogP) is 2.33. The van der Waals surface area contributed by atoms with Gasteiger partial charge in [-0.05, 0) is 6.42 Å². The van der Waals surface area contributed by atoms with Crippen LogP contribution in [0.4, 0.5) is 5.82 Å². The lowest BCUT2D eigenvalue weighted by Gasteiger charge is -2.22. The summed E-state index contributed by atoms with van der Waals surface area (Å²) in [4.78, 5) is 10.4. The summed E-state index contributed by atoms with van der Waals surface area (Å²) in [6, 6.07) is 1.84. The van der Waals surface area contributed by atoms with Gasteiger partial charge in [0, 0.05) is 25.0 Å². The zero-order chi connectivity index (χ0) is 11.8. The summed E-state index contributed by atoms with van der Waals surface area (Å²) in [6.07, 6.45) is 3.80. The number of methoxy groups -OCH3 is 1. The van der Waals surface area contributed by atoms with E-state index in [1.54, 1.807) is 7.11 Å². The molecule has 16 heavy (non-hydrogen) atoms. The van der Waals surface area contributed by atoms with Crippen molar-refractivity contribution < 1.29 is 4.74 Å². The second-order valence-electron chi connectivity index (χ2n) is 3.45. The molecule has 0 saturated heterocycles. The monoisotopic (exact) mass is 243 g/mol. The van der Waals surface area contributed by atoms with Crippen molar-refractivity contribution in [2.75, 3.05) is 31.0 Å². The Kier molecular flexibility index (Phi) is 5.93. The number of hydrogen-bond acceptors (Lipinski definition) is 4. The first kappa shape index (κ1) is 13.0. The number of aromatic nitrogens is 2. The van der Waals surface area contributed by atoms with Gasteiger partial charge >= 0.3 is 0 Å². The van der Waals surface area contributed by atoms with Crippen LogP contribution in [0.3, 0.4) is 0 Å². The lowest BCUT2D eigenvalue weighted by Crippen LogP contribution is -2.27. The van der Waals surface area contributed by atoms with Gasteiger partial charge in [-0.1, -0.05) is 13.3 Å². The standard InChI is InChI=1S/C11H18ClN3O/c1-3-4-6-15(7-5-12)10-8-11(16-2)14-9-13-10/h8-9H,3-7H2,1-2H3. The summed E-state index contributed by atoms with van der Waals surface area (Å²) < 4.78 is 5.08. The van der Waals surface area contributed by atoms with Crippen LogP contribution in [-0.2, 0) is 0 Å². The molecule has 0 atom stereocenters. The minimum atomic E-state index is 0.584. The average molecular weight is 244 g/mol. The molecule has 0 aliphatic rings. The number of hydrogen-bond donors (Lipinski definition) is 0. The highest BCUT2D eigenvalue weighted by Crippen LogP contribution is 2.15. The Balaban J connectivity index is 2.73. The van der Waals surface area contributed by atoms with E-state index >= 15 is 0 Å². The number of ether oxygens (including phenoxy) is 1. The van der Waals surface area contributed by atoms with Crippen LogP contribution in [0, 0.1) is 0 Å². The molecule has 0 aliphatic carbocycles. The quantitative estimate of drug-likeness (QED) is 0.689. The normalized spacial score (nSPS) is 10.2. The van der Waals surface area contributed by atoms with E-state index in [1.807, 2.05) is 6.07 Å². The first-order valence-corrected chi connectivity index (χ1v) is 6.02. The SMILES string of the molecule is CCCCN(CCCl)c1cc(OC)ncn1. The zero-order valence-corrected chi connectivity index (χ0v) is 10.6. The first-order valence-electron chi connectivity index (χ1n) is 5.48. The summed E-state index contributed by atoms with van der Waals surface area (Å²) in [5.41, 5.74) is 0. The predicted molar refractivity (Wildman–Crippen MR) is 66.4 cm³/mol. The molecule has 0 N–H and O–H groups in total. The van der Waals surface area contributed by atoms with E-state index in [4.69, 9.17) is 16.3 Å². The third-order valence-corrected chi connectivity index (χ3v) is 2.47. The smallest absolute Gasteiger partial charge is 0.218 e. The van der Waals surface area contributed by atoms with Crippen LogP contribution in [0.25, 0.3) is 0 Å². The fourth-order valence-corrected chi connectivity index (χ4v) is 1.61. The Bertz CT molecular complexity index is 309. The third kappa shape index (κ3) is 3.85. The van der Waals surface area contributed by atoms with Gasteiger partial charge in [0.1, 0.15) is 12.1 Å². The van der Waals surface area contributed by atoms with E-state index < -0.39 is 0 Å². The molecular formula is C11H18ClN3O. The van der Waals surface area contributed by atoms with Crippen LogP contribution in [0.2, 0.25) is 0 Å². The van der Waals surface area contributed by atoms with Crippen LogP contribution in [-0.4, -0.2) is 36.0 Å². The van der Waals surface area contributed by atoms with Crippen LogP contribution in [0.5, 0.6) is 5.88 Å². The van der Waals surface area contributed by atoms with E-state index in [0.717, 1.165) is 31.7 Å². The number of nitrogens with zero attached hydrogens (tertiary/aromatic N) is 3. The van der Waals surface area contributed by atoms with Gasteiger partial charge in [-0.3, -0.25) is 0 Å². The Morgan fingerprint density at radius 1 is 1.38 bits per heavy atom. The first-order chi connectivity index (χ1) is 7.81. The molecule has 1 rings (SSSR count). The van der Waals surface area contributed by atoms with Crippen molar-refractivity contribution in [3.8, 4) is 5.88 Å². The molecule has 0 aliphatic heterocycles. The molecule has 0 bridgehead atoms. The van der Waals surface area contributed by atoms with Gasteiger partial charge in [0.25, 0.3) is 0 Å². The fraction of sp³-hybridized carbons (Fsp3) is 0.636. The molecule has 0 saturated carbocycles. The molecule has 0 radical (unpaired) electrons. The fourth-order valence-electron chi connectivity index (χ4n) is 1.41. The lowest BCUT2D eigenvalue weighted by atomic mass is 10.3. The van der Waals surface area contributed by atoms with Gasteiger partial charge < -0.3 is 9.64 Å². The molecule has 0 unspecified atom stereocenters. The number of halogens is 1. The Hall–Kier alpha value is -1.03. The molecule has 1 heterocycles. The van der Waals surface area contributed by atoms with E-state index in [0.29, 0.717) is 11.8 Å². The van der Waals surface area contributed by atoms with Gasteiger partial charge in [0.05, 0.1) is 7.11 Å². The second-order valence-corrected chi connectivity index (χ2v) is 3.83. The number of unbranched alkanes of at least 4 members (excludes halogenated alkanes) is 1. The molecule has 5 heteroatoms. The largest absolute Gasteiger partial charge is 0.481 e. The summed E-state index contributed by atoms with van der Waals surface area (Å²) >= 11 is 5.78. The number of alkyl halides is 1. The van der Waals surface area contributed by atoms with Crippen LogP contribution in [0.1, 0.15) is 19.8 Å². The molecule has 4 nitrogen and oxygen atoms in total. The van der Waals surface area contributed by atoms with Crippen LogP contribution >= 0.6 is 11.6 Å².